The fourth-order valence-electron chi connectivity index (χ4n) is 3.97. The number of nitrogens with zero attached hydrogens (tertiary/aromatic N) is 4. The second-order valence-corrected chi connectivity index (χ2v) is 7.60. The molecule has 3 aromatic heterocycles. The van der Waals surface area contributed by atoms with Crippen molar-refractivity contribution in [2.75, 3.05) is 13.1 Å². The van der Waals surface area contributed by atoms with Gasteiger partial charge >= 0.3 is 6.61 Å². The maximum absolute atomic E-state index is 12.3. The van der Waals surface area contributed by atoms with Crippen LogP contribution in [0.2, 0.25) is 0 Å². The minimum absolute atomic E-state index is 0. The van der Waals surface area contributed by atoms with Crippen molar-refractivity contribution in [3.63, 3.8) is 0 Å². The summed E-state index contributed by atoms with van der Waals surface area (Å²) in [5.74, 6) is 0.906. The van der Waals surface area contributed by atoms with Gasteiger partial charge in [-0.25, -0.2) is 4.52 Å². The van der Waals surface area contributed by atoms with E-state index in [9.17, 15) is 13.6 Å². The Morgan fingerprint density at radius 1 is 1.18 bits per heavy atom. The van der Waals surface area contributed by atoms with Gasteiger partial charge in [-0.1, -0.05) is 12.1 Å². The fourth-order valence-corrected chi connectivity index (χ4v) is 3.97. The number of fused-ring (bicyclic) bond motifs is 1. The first-order valence-electron chi connectivity index (χ1n) is 10.2. The molecule has 4 aromatic rings. The monoisotopic (exact) mass is 478 g/mol. The van der Waals surface area contributed by atoms with Crippen LogP contribution in [-0.2, 0) is 6.42 Å². The van der Waals surface area contributed by atoms with E-state index in [-0.39, 0.29) is 35.5 Å². The predicted octanol–water partition coefficient (Wildman–Crippen LogP) is 3.15. The number of halogens is 3. The van der Waals surface area contributed by atoms with Crippen molar-refractivity contribution in [2.45, 2.75) is 31.8 Å². The summed E-state index contributed by atoms with van der Waals surface area (Å²) in [6, 6.07) is 7.81. The summed E-state index contributed by atoms with van der Waals surface area (Å²) in [4.78, 5) is 15.2. The molecule has 4 heterocycles. The number of H-pyrrole nitrogens is 1. The third-order valence-corrected chi connectivity index (χ3v) is 5.49. The molecule has 0 radical (unpaired) electrons. The van der Waals surface area contributed by atoms with E-state index in [1.165, 1.54) is 12.1 Å². The standard InChI is InChI=1S/C21H20F2N6O3.ClH/c22-21(23)31-14-3-1-12(2-4-14)9-18-27-28-20(32-18)15-11-25-29-16(10-17(30)26-19(15)29)13-5-7-24-8-6-13;/h1-4,10-11,13,21,24H,5-9H2,(H,26,30);1H. The Kier molecular flexibility index (Phi) is 6.70. The van der Waals surface area contributed by atoms with Crippen LogP contribution < -0.4 is 15.6 Å². The highest BCUT2D eigenvalue weighted by Crippen LogP contribution is 2.28. The van der Waals surface area contributed by atoms with Crippen LogP contribution in [0.5, 0.6) is 5.75 Å². The quantitative estimate of drug-likeness (QED) is 0.438. The lowest BCUT2D eigenvalue weighted by atomic mass is 9.94. The van der Waals surface area contributed by atoms with Crippen molar-refractivity contribution < 1.29 is 17.9 Å². The first kappa shape index (κ1) is 22.9. The molecule has 12 heteroatoms. The number of rotatable bonds is 6. The Morgan fingerprint density at radius 3 is 2.67 bits per heavy atom. The van der Waals surface area contributed by atoms with Crippen LogP contribution in [0.1, 0.15) is 35.9 Å². The number of hydrogen-bond donors (Lipinski definition) is 2. The van der Waals surface area contributed by atoms with Crippen molar-refractivity contribution in [1.82, 2.24) is 30.1 Å². The molecule has 0 aliphatic carbocycles. The van der Waals surface area contributed by atoms with Crippen molar-refractivity contribution >= 4 is 18.1 Å². The van der Waals surface area contributed by atoms with Gasteiger partial charge in [0.1, 0.15) is 17.0 Å². The molecular formula is C21H21ClF2N6O3. The lowest BCUT2D eigenvalue weighted by molar-refractivity contribution is -0.0498. The van der Waals surface area contributed by atoms with Gasteiger partial charge < -0.3 is 19.5 Å². The van der Waals surface area contributed by atoms with Crippen LogP contribution in [0.25, 0.3) is 17.1 Å². The Hall–Kier alpha value is -3.31. The lowest BCUT2D eigenvalue weighted by Crippen LogP contribution is -2.28. The van der Waals surface area contributed by atoms with Gasteiger partial charge in [-0.05, 0) is 43.6 Å². The molecule has 9 nitrogen and oxygen atoms in total. The number of nitrogens with one attached hydrogen (secondary N) is 2. The molecule has 33 heavy (non-hydrogen) atoms. The first-order valence-corrected chi connectivity index (χ1v) is 10.2. The van der Waals surface area contributed by atoms with E-state index >= 15 is 0 Å². The van der Waals surface area contributed by atoms with Crippen molar-refractivity contribution in [3.05, 3.63) is 64.0 Å². The van der Waals surface area contributed by atoms with E-state index in [1.54, 1.807) is 28.9 Å². The lowest BCUT2D eigenvalue weighted by Gasteiger charge is -2.23. The highest BCUT2D eigenvalue weighted by atomic mass is 35.5. The highest BCUT2D eigenvalue weighted by molar-refractivity contribution is 5.85. The minimum atomic E-state index is -2.87. The third-order valence-electron chi connectivity index (χ3n) is 5.49. The van der Waals surface area contributed by atoms with Gasteiger partial charge in [-0.3, -0.25) is 4.79 Å². The molecule has 1 aliphatic rings. The molecule has 174 valence electrons. The van der Waals surface area contributed by atoms with Crippen LogP contribution in [-0.4, -0.2) is 44.5 Å². The smallest absolute Gasteiger partial charge is 0.387 e. The summed E-state index contributed by atoms with van der Waals surface area (Å²) in [6.45, 7) is -1.07. The predicted molar refractivity (Wildman–Crippen MR) is 117 cm³/mol. The van der Waals surface area contributed by atoms with Gasteiger partial charge in [-0.2, -0.15) is 13.9 Å². The molecule has 0 unspecified atom stereocenters. The summed E-state index contributed by atoms with van der Waals surface area (Å²) in [6.07, 6.45) is 3.78. The average molecular weight is 479 g/mol. The molecule has 1 aromatic carbocycles. The maximum Gasteiger partial charge on any atom is 0.387 e. The number of alkyl halides is 2. The number of aromatic nitrogens is 5. The molecule has 0 bridgehead atoms. The van der Waals surface area contributed by atoms with Crippen LogP contribution in [0.15, 0.2) is 45.7 Å². The zero-order valence-electron chi connectivity index (χ0n) is 17.3. The normalized spacial score (nSPS) is 14.5. The highest BCUT2D eigenvalue weighted by Gasteiger charge is 2.22. The number of piperidine rings is 1. The molecule has 1 saturated heterocycles. The molecule has 0 spiro atoms. The topological polar surface area (TPSA) is 110 Å². The molecule has 5 rings (SSSR count). The van der Waals surface area contributed by atoms with Gasteiger partial charge in [0.05, 0.1) is 18.3 Å². The molecule has 0 saturated carbocycles. The molecule has 1 aliphatic heterocycles. The van der Waals surface area contributed by atoms with E-state index in [0.29, 0.717) is 23.5 Å². The summed E-state index contributed by atoms with van der Waals surface area (Å²) < 4.78 is 36.5. The van der Waals surface area contributed by atoms with Crippen LogP contribution >= 0.6 is 12.4 Å². The zero-order chi connectivity index (χ0) is 22.1. The van der Waals surface area contributed by atoms with Gasteiger partial charge in [0, 0.05) is 12.0 Å². The number of ether oxygens (including phenoxy) is 1. The molecule has 0 atom stereocenters. The van der Waals surface area contributed by atoms with Crippen molar-refractivity contribution in [1.29, 1.82) is 0 Å². The maximum atomic E-state index is 12.3. The second-order valence-electron chi connectivity index (χ2n) is 7.60. The SMILES string of the molecule is Cl.O=c1cc(C2CCNCC2)n2ncc(-c3nnc(Cc4ccc(OC(F)F)cc4)o3)c2[nH]1. The zero-order valence-corrected chi connectivity index (χ0v) is 18.1. The van der Waals surface area contributed by atoms with E-state index in [0.717, 1.165) is 37.2 Å². The fraction of sp³-hybridized carbons (Fsp3) is 0.333. The Morgan fingerprint density at radius 2 is 1.94 bits per heavy atom. The second kappa shape index (κ2) is 9.67. The first-order chi connectivity index (χ1) is 15.6. The summed E-state index contributed by atoms with van der Waals surface area (Å²) in [5.41, 5.74) is 2.50. The Labute approximate surface area is 192 Å². The summed E-state index contributed by atoms with van der Waals surface area (Å²) >= 11 is 0. The van der Waals surface area contributed by atoms with E-state index < -0.39 is 6.61 Å². The summed E-state index contributed by atoms with van der Waals surface area (Å²) in [5, 5.41) is 16.0. The number of aromatic amines is 1. The van der Waals surface area contributed by atoms with E-state index in [4.69, 9.17) is 4.42 Å². The Balaban J connectivity index is 0.00000259. The van der Waals surface area contributed by atoms with Gasteiger partial charge in [0.25, 0.3) is 11.4 Å². The van der Waals surface area contributed by atoms with E-state index in [1.807, 2.05) is 0 Å². The third kappa shape index (κ3) is 4.88. The van der Waals surface area contributed by atoms with Crippen LogP contribution in [0.4, 0.5) is 8.78 Å². The minimum Gasteiger partial charge on any atom is -0.435 e. The number of benzene rings is 1. The largest absolute Gasteiger partial charge is 0.435 e. The molecular weight excluding hydrogens is 458 g/mol. The number of hydrogen-bond acceptors (Lipinski definition) is 7. The molecule has 1 fully saturated rings. The van der Waals surface area contributed by atoms with Gasteiger partial charge in [0.2, 0.25) is 5.89 Å². The van der Waals surface area contributed by atoms with Gasteiger partial charge in [0.15, 0.2) is 0 Å². The van der Waals surface area contributed by atoms with Crippen LogP contribution in [0, 0.1) is 0 Å². The van der Waals surface area contributed by atoms with Crippen LogP contribution in [0.3, 0.4) is 0 Å². The van der Waals surface area contributed by atoms with Crippen molar-refractivity contribution in [2.24, 2.45) is 0 Å². The van der Waals surface area contributed by atoms with Gasteiger partial charge in [-0.15, -0.1) is 22.6 Å². The molecule has 2 N–H and O–H groups in total. The Bertz CT molecular complexity index is 1280. The van der Waals surface area contributed by atoms with E-state index in [2.05, 4.69) is 30.3 Å². The van der Waals surface area contributed by atoms with Crippen molar-refractivity contribution in [3.8, 4) is 17.2 Å². The summed E-state index contributed by atoms with van der Waals surface area (Å²) in [7, 11) is 0. The molecule has 0 amide bonds. The average Bonchev–Trinajstić information content (AvgIpc) is 3.41.